The molecule has 4 atom stereocenters. The van der Waals surface area contributed by atoms with E-state index in [0.29, 0.717) is 16.5 Å². The molecule has 0 aliphatic heterocycles. The van der Waals surface area contributed by atoms with Crippen molar-refractivity contribution in [1.29, 1.82) is 0 Å². The van der Waals surface area contributed by atoms with Gasteiger partial charge in [0.05, 0.1) is 0 Å². The van der Waals surface area contributed by atoms with Crippen molar-refractivity contribution in [1.82, 2.24) is 0 Å². The van der Waals surface area contributed by atoms with Gasteiger partial charge in [0.15, 0.2) is 0 Å². The summed E-state index contributed by atoms with van der Waals surface area (Å²) in [4.78, 5) is 12.3. The van der Waals surface area contributed by atoms with Crippen molar-refractivity contribution in [3.63, 3.8) is 0 Å². The lowest BCUT2D eigenvalue weighted by Crippen LogP contribution is -2.49. The molecule has 0 N–H and O–H groups in total. The Balaban J connectivity index is 2.01. The minimum absolute atomic E-state index is 0.0210. The van der Waals surface area contributed by atoms with Gasteiger partial charge in [-0.15, -0.1) is 0 Å². The maximum absolute atomic E-state index is 11.6. The van der Waals surface area contributed by atoms with Crippen molar-refractivity contribution in [2.45, 2.75) is 25.1 Å². The molecule has 1 nitrogen and oxygen atoms in total. The second-order valence-corrected chi connectivity index (χ2v) is 5.99. The number of carbonyl (C=O) groups is 1. The summed E-state index contributed by atoms with van der Waals surface area (Å²) in [7, 11) is 0. The minimum atomic E-state index is 0.0210. The molecule has 0 bridgehead atoms. The lowest BCUT2D eigenvalue weighted by molar-refractivity contribution is -0.145. The van der Waals surface area contributed by atoms with Gasteiger partial charge in [0.25, 0.3) is 0 Å². The average Bonchev–Trinajstić information content (AvgIpc) is 2.48. The lowest BCUT2D eigenvalue weighted by atomic mass is 9.61. The predicted octanol–water partition coefficient (Wildman–Crippen LogP) is 1.99. The fraction of sp³-hybridized carbons (Fsp3) is 0.889. The second kappa shape index (κ2) is 1.34. The summed E-state index contributed by atoms with van der Waals surface area (Å²) in [6, 6.07) is 0. The first-order valence-corrected chi connectivity index (χ1v) is 5.13. The summed E-state index contributed by atoms with van der Waals surface area (Å²) < 4.78 is 0. The Kier molecular flexibility index (Phi) is 0.811. The van der Waals surface area contributed by atoms with Gasteiger partial charge in [-0.05, 0) is 18.3 Å². The summed E-state index contributed by atoms with van der Waals surface area (Å²) in [5, 5.41) is 0. The number of rotatable bonds is 0. The van der Waals surface area contributed by atoms with Crippen molar-refractivity contribution in [2.24, 2.45) is 22.7 Å². The Morgan fingerprint density at radius 1 is 1.55 bits per heavy atom. The molecule has 4 unspecified atom stereocenters. The Morgan fingerprint density at radius 2 is 2.18 bits per heavy atom. The molecule has 0 radical (unpaired) electrons. The molecular formula is C9H11BrO. The number of carbonyl (C=O) groups excluding carboxylic acids is 1. The predicted molar refractivity (Wildman–Crippen MR) is 45.5 cm³/mol. The topological polar surface area (TPSA) is 17.1 Å². The number of hydrogen-bond donors (Lipinski definition) is 0. The molecule has 3 fully saturated rings. The fourth-order valence-corrected chi connectivity index (χ4v) is 5.01. The van der Waals surface area contributed by atoms with Crippen LogP contribution in [0.4, 0.5) is 0 Å². The third-order valence-corrected chi connectivity index (χ3v) is 5.00. The zero-order valence-corrected chi connectivity index (χ0v) is 8.31. The fourth-order valence-electron chi connectivity index (χ4n) is 3.69. The van der Waals surface area contributed by atoms with Gasteiger partial charge >= 0.3 is 0 Å². The first-order valence-electron chi connectivity index (χ1n) is 4.22. The molecule has 3 aliphatic rings. The van der Waals surface area contributed by atoms with Gasteiger partial charge in [-0.3, -0.25) is 4.79 Å². The summed E-state index contributed by atoms with van der Waals surface area (Å²) >= 11 is 3.61. The van der Waals surface area contributed by atoms with E-state index in [9.17, 15) is 4.79 Å². The van der Waals surface area contributed by atoms with Gasteiger partial charge in [0.2, 0.25) is 0 Å². The monoisotopic (exact) mass is 214 g/mol. The molecule has 60 valence electrons. The van der Waals surface area contributed by atoms with Gasteiger partial charge in [0.1, 0.15) is 5.78 Å². The van der Waals surface area contributed by atoms with E-state index in [-0.39, 0.29) is 10.8 Å². The van der Waals surface area contributed by atoms with E-state index >= 15 is 0 Å². The van der Waals surface area contributed by atoms with E-state index in [1.54, 1.807) is 0 Å². The van der Waals surface area contributed by atoms with Crippen LogP contribution in [0.2, 0.25) is 0 Å². The van der Waals surface area contributed by atoms with Crippen LogP contribution in [0.5, 0.6) is 0 Å². The summed E-state index contributed by atoms with van der Waals surface area (Å²) in [6.45, 7) is 4.20. The molecule has 2 heteroatoms. The van der Waals surface area contributed by atoms with E-state index in [4.69, 9.17) is 0 Å². The highest BCUT2D eigenvalue weighted by Crippen LogP contribution is 2.87. The molecule has 11 heavy (non-hydrogen) atoms. The Morgan fingerprint density at radius 3 is 2.55 bits per heavy atom. The van der Waals surface area contributed by atoms with Crippen LogP contribution in [0.25, 0.3) is 0 Å². The molecule has 0 heterocycles. The molecular weight excluding hydrogens is 204 g/mol. The number of fused-ring (bicyclic) bond motifs is 1. The average molecular weight is 215 g/mol. The van der Waals surface area contributed by atoms with Crippen molar-refractivity contribution >= 4 is 21.7 Å². The maximum atomic E-state index is 11.6. The lowest BCUT2D eigenvalue weighted by Gasteiger charge is -2.41. The zero-order valence-electron chi connectivity index (χ0n) is 6.73. The molecule has 0 aromatic carbocycles. The van der Waals surface area contributed by atoms with Crippen LogP contribution in [0.3, 0.4) is 0 Å². The molecule has 0 aromatic rings. The number of alkyl halides is 1. The van der Waals surface area contributed by atoms with E-state index in [0.717, 1.165) is 12.3 Å². The normalized spacial score (nSPS) is 62.1. The first-order chi connectivity index (χ1) is 5.03. The smallest absolute Gasteiger partial charge is 0.145 e. The SMILES string of the molecule is CC1(C)C(=O)C23CC(Br)C2C13. The van der Waals surface area contributed by atoms with Crippen LogP contribution >= 0.6 is 15.9 Å². The van der Waals surface area contributed by atoms with Crippen LogP contribution in [0, 0.1) is 22.7 Å². The van der Waals surface area contributed by atoms with Crippen LogP contribution in [0.1, 0.15) is 20.3 Å². The van der Waals surface area contributed by atoms with Gasteiger partial charge < -0.3 is 0 Å². The third kappa shape index (κ3) is 0.398. The quantitative estimate of drug-likeness (QED) is 0.565. The zero-order chi connectivity index (χ0) is 8.02. The van der Waals surface area contributed by atoms with Gasteiger partial charge in [0, 0.05) is 15.7 Å². The van der Waals surface area contributed by atoms with Crippen molar-refractivity contribution in [2.75, 3.05) is 0 Å². The van der Waals surface area contributed by atoms with Crippen LogP contribution in [-0.2, 0) is 4.79 Å². The van der Waals surface area contributed by atoms with Gasteiger partial charge in [-0.1, -0.05) is 29.8 Å². The Hall–Kier alpha value is 0.150. The highest BCUT2D eigenvalue weighted by Gasteiger charge is 2.90. The van der Waals surface area contributed by atoms with E-state index in [1.807, 2.05) is 0 Å². The third-order valence-electron chi connectivity index (χ3n) is 4.11. The van der Waals surface area contributed by atoms with Crippen LogP contribution < -0.4 is 0 Å². The maximum Gasteiger partial charge on any atom is 0.145 e. The molecule has 3 saturated carbocycles. The van der Waals surface area contributed by atoms with Gasteiger partial charge in [-0.25, -0.2) is 0 Å². The Bertz CT molecular complexity index is 271. The van der Waals surface area contributed by atoms with E-state index in [2.05, 4.69) is 29.8 Å². The summed E-state index contributed by atoms with van der Waals surface area (Å²) in [5.41, 5.74) is 0.227. The number of ketones is 1. The number of halogens is 1. The summed E-state index contributed by atoms with van der Waals surface area (Å²) in [5.74, 6) is 1.98. The Labute approximate surface area is 74.7 Å². The number of Topliss-reactive ketones (excluding diaryl/α,β-unsaturated/α-hetero) is 1. The molecule has 3 aliphatic carbocycles. The molecule has 0 amide bonds. The van der Waals surface area contributed by atoms with Crippen molar-refractivity contribution < 1.29 is 4.79 Å². The highest BCUT2D eigenvalue weighted by atomic mass is 79.9. The van der Waals surface area contributed by atoms with Crippen molar-refractivity contribution in [3.8, 4) is 0 Å². The highest BCUT2D eigenvalue weighted by molar-refractivity contribution is 9.09. The molecule has 1 spiro atoms. The molecule has 0 aromatic heterocycles. The van der Waals surface area contributed by atoms with Gasteiger partial charge in [-0.2, -0.15) is 0 Å². The molecule has 0 saturated heterocycles. The van der Waals surface area contributed by atoms with Crippen LogP contribution in [0.15, 0.2) is 0 Å². The largest absolute Gasteiger partial charge is 0.298 e. The standard InChI is InChI=1S/C9H11BrO/c1-8(2)6-5-4(10)3-9(5,6)7(8)11/h4-6H,3H2,1-2H3. The molecule has 3 rings (SSSR count). The summed E-state index contributed by atoms with van der Waals surface area (Å²) in [6.07, 6.45) is 1.12. The second-order valence-electron chi connectivity index (χ2n) is 4.81. The first kappa shape index (κ1) is 6.64. The van der Waals surface area contributed by atoms with Crippen molar-refractivity contribution in [3.05, 3.63) is 0 Å². The number of hydrogen-bond acceptors (Lipinski definition) is 1. The minimum Gasteiger partial charge on any atom is -0.298 e. The van der Waals surface area contributed by atoms with E-state index in [1.165, 1.54) is 0 Å². The van der Waals surface area contributed by atoms with E-state index < -0.39 is 0 Å². The van der Waals surface area contributed by atoms with Crippen LogP contribution in [-0.4, -0.2) is 10.6 Å².